The summed E-state index contributed by atoms with van der Waals surface area (Å²) in [5.74, 6) is -0.693. The molecule has 5 rings (SSSR count). The molecule has 2 amide bonds. The van der Waals surface area contributed by atoms with Crippen LogP contribution >= 0.6 is 11.8 Å². The molecular formula is C27H30N2O5S. The van der Waals surface area contributed by atoms with Crippen molar-refractivity contribution in [2.24, 2.45) is 5.92 Å². The summed E-state index contributed by atoms with van der Waals surface area (Å²) >= 11 is 1.38. The number of carboxylic acids is 1. The first kappa shape index (κ1) is 23.7. The highest BCUT2D eigenvalue weighted by Crippen LogP contribution is 2.44. The van der Waals surface area contributed by atoms with Crippen molar-refractivity contribution in [3.63, 3.8) is 0 Å². The number of nitrogens with one attached hydrogen (secondary N) is 1. The fourth-order valence-electron chi connectivity index (χ4n) is 5.62. The van der Waals surface area contributed by atoms with Crippen molar-refractivity contribution in [1.29, 1.82) is 0 Å². The smallest absolute Gasteiger partial charge is 0.407 e. The highest BCUT2D eigenvalue weighted by molar-refractivity contribution is 8.00. The molecule has 35 heavy (non-hydrogen) atoms. The Kier molecular flexibility index (Phi) is 7.00. The van der Waals surface area contributed by atoms with Crippen LogP contribution in [0.1, 0.15) is 42.7 Å². The summed E-state index contributed by atoms with van der Waals surface area (Å²) in [4.78, 5) is 39.2. The minimum atomic E-state index is -0.885. The fourth-order valence-corrected chi connectivity index (χ4v) is 6.66. The van der Waals surface area contributed by atoms with E-state index in [1.165, 1.54) is 22.9 Å². The Hall–Kier alpha value is -3.00. The first-order valence-electron chi connectivity index (χ1n) is 12.3. The number of alkyl carbamates (subject to hydrolysis) is 1. The molecule has 184 valence electrons. The maximum atomic E-state index is 13.3. The summed E-state index contributed by atoms with van der Waals surface area (Å²) < 4.78 is 5.71. The predicted octanol–water partition coefficient (Wildman–Crippen LogP) is 4.11. The molecular weight excluding hydrogens is 464 g/mol. The van der Waals surface area contributed by atoms with Crippen LogP contribution in [0.15, 0.2) is 48.5 Å². The standard InChI is InChI=1S/C27H30N2O5S/c30-25(29-13-14-35-24(15-29)26(31)32)21-11-5-6-12-23(21)28-27(33)34-16-22-19-9-3-1-7-17(19)18-8-2-4-10-20(18)22/h1-4,7-10,21-24H,5-6,11-16H2,(H,28,33)(H,31,32). The van der Waals surface area contributed by atoms with E-state index in [0.29, 0.717) is 25.1 Å². The van der Waals surface area contributed by atoms with Crippen LogP contribution < -0.4 is 5.32 Å². The zero-order chi connectivity index (χ0) is 24.4. The lowest BCUT2D eigenvalue weighted by Crippen LogP contribution is -2.53. The van der Waals surface area contributed by atoms with Gasteiger partial charge in [-0.05, 0) is 35.1 Å². The predicted molar refractivity (Wildman–Crippen MR) is 134 cm³/mol. The monoisotopic (exact) mass is 494 g/mol. The third kappa shape index (κ3) is 4.89. The number of thioether (sulfide) groups is 1. The summed E-state index contributed by atoms with van der Waals surface area (Å²) in [5, 5.41) is 11.7. The van der Waals surface area contributed by atoms with Crippen LogP contribution in [-0.2, 0) is 14.3 Å². The maximum absolute atomic E-state index is 13.3. The third-order valence-corrected chi connectivity index (χ3v) is 8.55. The SMILES string of the molecule is O=C(NC1CCCCC1C(=O)N1CCSC(C(=O)O)C1)OCC1c2ccccc2-c2ccccc21. The Morgan fingerprint density at radius 1 is 1.00 bits per heavy atom. The number of amides is 2. The number of aliphatic carboxylic acids is 1. The molecule has 1 saturated carbocycles. The van der Waals surface area contributed by atoms with Crippen molar-refractivity contribution in [3.05, 3.63) is 59.7 Å². The Bertz CT molecular complexity index is 1080. The van der Waals surface area contributed by atoms with Crippen LogP contribution in [0.5, 0.6) is 0 Å². The van der Waals surface area contributed by atoms with Gasteiger partial charge in [0.15, 0.2) is 0 Å². The van der Waals surface area contributed by atoms with Crippen molar-refractivity contribution in [2.45, 2.75) is 42.9 Å². The molecule has 0 radical (unpaired) electrons. The van der Waals surface area contributed by atoms with Crippen molar-refractivity contribution < 1.29 is 24.2 Å². The molecule has 1 aliphatic heterocycles. The molecule has 0 spiro atoms. The molecule has 2 aromatic rings. The van der Waals surface area contributed by atoms with Gasteiger partial charge in [-0.15, -0.1) is 11.8 Å². The highest BCUT2D eigenvalue weighted by Gasteiger charge is 2.38. The number of rotatable bonds is 5. The molecule has 2 aromatic carbocycles. The second-order valence-corrected chi connectivity index (χ2v) is 10.8. The Labute approximate surface area is 209 Å². The summed E-state index contributed by atoms with van der Waals surface area (Å²) in [6.07, 6.45) is 2.75. The van der Waals surface area contributed by atoms with Gasteiger partial charge in [-0.1, -0.05) is 61.4 Å². The van der Waals surface area contributed by atoms with Gasteiger partial charge in [-0.3, -0.25) is 9.59 Å². The van der Waals surface area contributed by atoms with Crippen LogP contribution in [-0.4, -0.2) is 64.7 Å². The lowest BCUT2D eigenvalue weighted by Gasteiger charge is -2.37. The van der Waals surface area contributed by atoms with E-state index in [9.17, 15) is 19.5 Å². The summed E-state index contributed by atoms with van der Waals surface area (Å²) in [6, 6.07) is 16.1. The Morgan fingerprint density at radius 2 is 1.66 bits per heavy atom. The molecule has 2 N–H and O–H groups in total. The largest absolute Gasteiger partial charge is 0.480 e. The summed E-state index contributed by atoms with van der Waals surface area (Å²) in [5.41, 5.74) is 4.66. The average molecular weight is 495 g/mol. The van der Waals surface area contributed by atoms with Gasteiger partial charge < -0.3 is 20.1 Å². The maximum Gasteiger partial charge on any atom is 0.407 e. The van der Waals surface area contributed by atoms with E-state index in [1.54, 1.807) is 4.90 Å². The van der Waals surface area contributed by atoms with Crippen LogP contribution in [0.4, 0.5) is 4.79 Å². The van der Waals surface area contributed by atoms with Gasteiger partial charge in [0.25, 0.3) is 0 Å². The van der Waals surface area contributed by atoms with Crippen LogP contribution in [0.3, 0.4) is 0 Å². The first-order valence-corrected chi connectivity index (χ1v) is 13.3. The minimum Gasteiger partial charge on any atom is -0.480 e. The van der Waals surface area contributed by atoms with Crippen molar-refractivity contribution >= 4 is 29.7 Å². The van der Waals surface area contributed by atoms with Crippen LogP contribution in [0.25, 0.3) is 11.1 Å². The first-order chi connectivity index (χ1) is 17.0. The Morgan fingerprint density at radius 3 is 2.34 bits per heavy atom. The van der Waals surface area contributed by atoms with E-state index in [4.69, 9.17) is 4.74 Å². The zero-order valence-electron chi connectivity index (χ0n) is 19.5. The van der Waals surface area contributed by atoms with E-state index >= 15 is 0 Å². The number of ether oxygens (including phenoxy) is 1. The normalized spacial score (nSPS) is 23.8. The molecule has 3 unspecified atom stereocenters. The number of carbonyl (C=O) groups excluding carboxylic acids is 2. The van der Waals surface area contributed by atoms with Crippen LogP contribution in [0.2, 0.25) is 0 Å². The summed E-state index contributed by atoms with van der Waals surface area (Å²) in [7, 11) is 0. The van der Waals surface area contributed by atoms with Gasteiger partial charge in [0.1, 0.15) is 11.9 Å². The lowest BCUT2D eigenvalue weighted by atomic mass is 9.83. The number of nitrogens with zero attached hydrogens (tertiary/aromatic N) is 1. The molecule has 0 bridgehead atoms. The van der Waals surface area contributed by atoms with E-state index < -0.39 is 17.3 Å². The number of hydrogen-bond donors (Lipinski definition) is 2. The molecule has 1 saturated heterocycles. The van der Waals surface area contributed by atoms with Gasteiger partial charge in [0, 0.05) is 30.8 Å². The quantitative estimate of drug-likeness (QED) is 0.650. The second kappa shape index (κ2) is 10.3. The van der Waals surface area contributed by atoms with E-state index in [1.807, 2.05) is 24.3 Å². The molecule has 1 heterocycles. The lowest BCUT2D eigenvalue weighted by molar-refractivity contribution is -0.140. The van der Waals surface area contributed by atoms with E-state index in [0.717, 1.165) is 24.0 Å². The molecule has 7 nitrogen and oxygen atoms in total. The second-order valence-electron chi connectivity index (χ2n) is 9.45. The molecule has 2 aliphatic carbocycles. The number of hydrogen-bond acceptors (Lipinski definition) is 5. The van der Waals surface area contributed by atoms with Gasteiger partial charge in [0.2, 0.25) is 5.91 Å². The van der Waals surface area contributed by atoms with Crippen molar-refractivity contribution in [1.82, 2.24) is 10.2 Å². The molecule has 3 aliphatic rings. The topological polar surface area (TPSA) is 95.9 Å². The third-order valence-electron chi connectivity index (χ3n) is 7.38. The molecule has 8 heteroatoms. The molecule has 0 aromatic heterocycles. The van der Waals surface area contributed by atoms with Gasteiger partial charge in [0.05, 0.1) is 5.92 Å². The van der Waals surface area contributed by atoms with Crippen molar-refractivity contribution in [2.75, 3.05) is 25.4 Å². The van der Waals surface area contributed by atoms with Gasteiger partial charge in [-0.2, -0.15) is 0 Å². The minimum absolute atomic E-state index is 0.0178. The summed E-state index contributed by atoms with van der Waals surface area (Å²) in [6.45, 7) is 0.989. The number of carboxylic acid groups (broad SMARTS) is 1. The van der Waals surface area contributed by atoms with E-state index in [2.05, 4.69) is 29.6 Å². The number of fused-ring (bicyclic) bond motifs is 3. The highest BCUT2D eigenvalue weighted by atomic mass is 32.2. The number of carbonyl (C=O) groups is 3. The zero-order valence-corrected chi connectivity index (χ0v) is 20.3. The fraction of sp³-hybridized carbons (Fsp3) is 0.444. The Balaban J connectivity index is 1.22. The van der Waals surface area contributed by atoms with E-state index in [-0.39, 0.29) is 36.9 Å². The number of benzene rings is 2. The van der Waals surface area contributed by atoms with Gasteiger partial charge >= 0.3 is 12.1 Å². The average Bonchev–Trinajstić information content (AvgIpc) is 3.21. The van der Waals surface area contributed by atoms with Crippen LogP contribution in [0, 0.1) is 5.92 Å². The van der Waals surface area contributed by atoms with Gasteiger partial charge in [-0.25, -0.2) is 4.79 Å². The molecule has 3 atom stereocenters. The van der Waals surface area contributed by atoms with Crippen molar-refractivity contribution in [3.8, 4) is 11.1 Å². The molecule has 2 fully saturated rings.